The fourth-order valence-electron chi connectivity index (χ4n) is 1.27. The van der Waals surface area contributed by atoms with Crippen molar-refractivity contribution >= 4 is 16.5 Å². The summed E-state index contributed by atoms with van der Waals surface area (Å²) in [5, 5.41) is 3.34. The third-order valence-electron chi connectivity index (χ3n) is 2.24. The molecule has 0 saturated heterocycles. The first kappa shape index (κ1) is 12.2. The van der Waals surface area contributed by atoms with E-state index >= 15 is 0 Å². The highest BCUT2D eigenvalue weighted by Crippen LogP contribution is 2.12. The van der Waals surface area contributed by atoms with E-state index in [2.05, 4.69) is 19.2 Å². The van der Waals surface area contributed by atoms with Gasteiger partial charge in [0, 0.05) is 34.2 Å². The summed E-state index contributed by atoms with van der Waals surface area (Å²) in [5.74, 6) is 0.722. The van der Waals surface area contributed by atoms with Gasteiger partial charge in [-0.3, -0.25) is 4.21 Å². The smallest absolute Gasteiger partial charge is 0.0498 e. The first-order chi connectivity index (χ1) is 7.09. The Balaban J connectivity index is 2.46. The normalized spacial score (nSPS) is 12.8. The lowest BCUT2D eigenvalue weighted by atomic mass is 10.1. The van der Waals surface area contributed by atoms with Crippen LogP contribution in [0.1, 0.15) is 20.3 Å². The van der Waals surface area contributed by atoms with Gasteiger partial charge in [-0.1, -0.05) is 13.8 Å². The van der Waals surface area contributed by atoms with Crippen LogP contribution in [0.15, 0.2) is 29.2 Å². The van der Waals surface area contributed by atoms with Crippen LogP contribution in [-0.4, -0.2) is 17.0 Å². The van der Waals surface area contributed by atoms with Gasteiger partial charge in [-0.05, 0) is 36.6 Å². The molecule has 1 aromatic rings. The lowest BCUT2D eigenvalue weighted by molar-refractivity contribution is 0.607. The highest BCUT2D eigenvalue weighted by molar-refractivity contribution is 7.84. The van der Waals surface area contributed by atoms with E-state index in [1.165, 1.54) is 6.42 Å². The number of hydrogen-bond acceptors (Lipinski definition) is 2. The Morgan fingerprint density at radius 3 is 2.33 bits per heavy atom. The van der Waals surface area contributed by atoms with E-state index in [0.29, 0.717) is 0 Å². The molecule has 0 aliphatic carbocycles. The Morgan fingerprint density at radius 2 is 1.87 bits per heavy atom. The van der Waals surface area contributed by atoms with Crippen LogP contribution in [0.5, 0.6) is 0 Å². The number of anilines is 1. The number of benzene rings is 1. The minimum absolute atomic E-state index is 0.722. The van der Waals surface area contributed by atoms with Gasteiger partial charge < -0.3 is 5.32 Å². The maximum Gasteiger partial charge on any atom is 0.0498 e. The van der Waals surface area contributed by atoms with Crippen LogP contribution in [-0.2, 0) is 10.8 Å². The molecule has 15 heavy (non-hydrogen) atoms. The largest absolute Gasteiger partial charge is 0.385 e. The SMILES string of the molecule is CC(C)CCNc1ccc(S(C)=O)cc1. The van der Waals surface area contributed by atoms with Gasteiger partial charge in [-0.25, -0.2) is 0 Å². The van der Waals surface area contributed by atoms with Gasteiger partial charge in [-0.15, -0.1) is 0 Å². The van der Waals surface area contributed by atoms with E-state index < -0.39 is 10.8 Å². The Hall–Kier alpha value is -0.830. The van der Waals surface area contributed by atoms with Crippen molar-refractivity contribution in [2.75, 3.05) is 18.1 Å². The van der Waals surface area contributed by atoms with E-state index in [1.54, 1.807) is 6.26 Å². The summed E-state index contributed by atoms with van der Waals surface area (Å²) < 4.78 is 11.2. The minimum atomic E-state index is -0.878. The maximum absolute atomic E-state index is 11.2. The van der Waals surface area contributed by atoms with E-state index in [0.717, 1.165) is 23.0 Å². The highest BCUT2D eigenvalue weighted by atomic mass is 32.2. The zero-order valence-electron chi connectivity index (χ0n) is 9.62. The molecule has 1 N–H and O–H groups in total. The van der Waals surface area contributed by atoms with Gasteiger partial charge in [0.2, 0.25) is 0 Å². The quantitative estimate of drug-likeness (QED) is 0.835. The molecule has 1 atom stereocenters. The van der Waals surface area contributed by atoms with Crippen molar-refractivity contribution in [3.05, 3.63) is 24.3 Å². The molecule has 0 saturated carbocycles. The zero-order valence-corrected chi connectivity index (χ0v) is 10.4. The fraction of sp³-hybridized carbons (Fsp3) is 0.500. The number of hydrogen-bond donors (Lipinski definition) is 1. The lowest BCUT2D eigenvalue weighted by Gasteiger charge is -2.08. The van der Waals surface area contributed by atoms with E-state index in [1.807, 2.05) is 24.3 Å². The van der Waals surface area contributed by atoms with Gasteiger partial charge in [0.15, 0.2) is 0 Å². The molecule has 1 rings (SSSR count). The van der Waals surface area contributed by atoms with Crippen molar-refractivity contribution < 1.29 is 4.21 Å². The van der Waals surface area contributed by atoms with Crippen LogP contribution in [0, 0.1) is 5.92 Å². The summed E-state index contributed by atoms with van der Waals surface area (Å²) in [4.78, 5) is 0.879. The third-order valence-corrected chi connectivity index (χ3v) is 3.17. The molecule has 0 fully saturated rings. The molecule has 0 aliphatic rings. The van der Waals surface area contributed by atoms with Crippen molar-refractivity contribution in [2.24, 2.45) is 5.92 Å². The molecule has 0 heterocycles. The molecule has 0 bridgehead atoms. The van der Waals surface area contributed by atoms with Crippen LogP contribution in [0.4, 0.5) is 5.69 Å². The van der Waals surface area contributed by atoms with Crippen molar-refractivity contribution in [2.45, 2.75) is 25.2 Å². The molecule has 1 unspecified atom stereocenters. The summed E-state index contributed by atoms with van der Waals surface area (Å²) in [6.45, 7) is 5.42. The average molecular weight is 225 g/mol. The highest BCUT2D eigenvalue weighted by Gasteiger charge is 1.98. The van der Waals surface area contributed by atoms with Crippen molar-refractivity contribution in [3.63, 3.8) is 0 Å². The molecular formula is C12H19NOS. The first-order valence-corrected chi connectivity index (χ1v) is 6.82. The van der Waals surface area contributed by atoms with Crippen LogP contribution < -0.4 is 5.32 Å². The molecule has 0 radical (unpaired) electrons. The summed E-state index contributed by atoms with van der Waals surface area (Å²) in [5.41, 5.74) is 1.10. The fourth-order valence-corrected chi connectivity index (χ4v) is 1.79. The van der Waals surface area contributed by atoms with Crippen molar-refractivity contribution in [3.8, 4) is 0 Å². The van der Waals surface area contributed by atoms with Crippen LogP contribution >= 0.6 is 0 Å². The molecule has 0 spiro atoms. The molecule has 0 amide bonds. The van der Waals surface area contributed by atoms with Crippen LogP contribution in [0.25, 0.3) is 0 Å². The van der Waals surface area contributed by atoms with Crippen LogP contribution in [0.2, 0.25) is 0 Å². The average Bonchev–Trinajstić information content (AvgIpc) is 2.18. The molecule has 84 valence electrons. The van der Waals surface area contributed by atoms with E-state index in [4.69, 9.17) is 0 Å². The maximum atomic E-state index is 11.2. The summed E-state index contributed by atoms with van der Waals surface area (Å²) in [7, 11) is -0.878. The Kier molecular flexibility index (Phi) is 4.82. The minimum Gasteiger partial charge on any atom is -0.385 e. The van der Waals surface area contributed by atoms with Gasteiger partial charge in [0.05, 0.1) is 0 Å². The molecule has 0 aromatic heterocycles. The zero-order chi connectivity index (χ0) is 11.3. The number of rotatable bonds is 5. The van der Waals surface area contributed by atoms with E-state index in [-0.39, 0.29) is 0 Å². The molecule has 0 aliphatic heterocycles. The monoisotopic (exact) mass is 225 g/mol. The lowest BCUT2D eigenvalue weighted by Crippen LogP contribution is -2.04. The molecule has 1 aromatic carbocycles. The second kappa shape index (κ2) is 5.91. The summed E-state index contributed by atoms with van der Waals surface area (Å²) in [6.07, 6.45) is 2.86. The predicted octanol–water partition coefficient (Wildman–Crippen LogP) is 2.88. The number of nitrogens with one attached hydrogen (secondary N) is 1. The van der Waals surface area contributed by atoms with E-state index in [9.17, 15) is 4.21 Å². The van der Waals surface area contributed by atoms with Gasteiger partial charge in [0.25, 0.3) is 0 Å². The molecule has 2 nitrogen and oxygen atoms in total. The predicted molar refractivity (Wildman–Crippen MR) is 66.7 cm³/mol. The van der Waals surface area contributed by atoms with Crippen molar-refractivity contribution in [1.29, 1.82) is 0 Å². The topological polar surface area (TPSA) is 29.1 Å². The summed E-state index contributed by atoms with van der Waals surface area (Å²) >= 11 is 0. The Labute approximate surface area is 94.5 Å². The Bertz CT molecular complexity index is 319. The van der Waals surface area contributed by atoms with Crippen LogP contribution in [0.3, 0.4) is 0 Å². The second-order valence-electron chi connectivity index (χ2n) is 4.09. The van der Waals surface area contributed by atoms with Gasteiger partial charge >= 0.3 is 0 Å². The van der Waals surface area contributed by atoms with Gasteiger partial charge in [-0.2, -0.15) is 0 Å². The second-order valence-corrected chi connectivity index (χ2v) is 5.47. The van der Waals surface area contributed by atoms with Crippen molar-refractivity contribution in [1.82, 2.24) is 0 Å². The third kappa shape index (κ3) is 4.47. The Morgan fingerprint density at radius 1 is 1.27 bits per heavy atom. The molecular weight excluding hydrogens is 206 g/mol. The standard InChI is InChI=1S/C12H19NOS/c1-10(2)8-9-13-11-4-6-12(7-5-11)15(3)14/h4-7,10,13H,8-9H2,1-3H3. The first-order valence-electron chi connectivity index (χ1n) is 5.27. The summed E-state index contributed by atoms with van der Waals surface area (Å²) in [6, 6.07) is 7.79. The molecule has 3 heteroatoms. The van der Waals surface area contributed by atoms with Gasteiger partial charge in [0.1, 0.15) is 0 Å².